The van der Waals surface area contributed by atoms with Crippen LogP contribution in [0.15, 0.2) is 71.6 Å². The van der Waals surface area contributed by atoms with Crippen LogP contribution in [0.2, 0.25) is 0 Å². The largest absolute Gasteiger partial charge is 0.459 e. The molecule has 2 atom stereocenters. The van der Waals surface area contributed by atoms with Crippen LogP contribution in [-0.2, 0) is 4.79 Å². The van der Waals surface area contributed by atoms with Gasteiger partial charge in [-0.25, -0.2) is 0 Å². The number of benzene rings is 1. The van der Waals surface area contributed by atoms with E-state index in [4.69, 9.17) is 4.42 Å². The summed E-state index contributed by atoms with van der Waals surface area (Å²) in [6, 6.07) is 14.1. The van der Waals surface area contributed by atoms with Crippen molar-refractivity contribution in [1.82, 2.24) is 10.3 Å². The standard InChI is InChI=1S/C27H31N3O3/c1-3-19(2)20-10-12-23(13-11-20)30(27(32)24-9-6-18-33-24)25(21-14-16-28-17-15-21)26(31)29-22-7-4-5-8-22/h6,9-19,22,25H,3-5,7-8H2,1-2H3,(H,29,31). The topological polar surface area (TPSA) is 75.4 Å². The summed E-state index contributed by atoms with van der Waals surface area (Å²) >= 11 is 0. The van der Waals surface area contributed by atoms with E-state index in [0.717, 1.165) is 32.1 Å². The first-order valence-electron chi connectivity index (χ1n) is 11.8. The van der Waals surface area contributed by atoms with Gasteiger partial charge in [0.1, 0.15) is 6.04 Å². The minimum atomic E-state index is -0.847. The van der Waals surface area contributed by atoms with Crippen molar-refractivity contribution in [2.24, 2.45) is 0 Å². The number of amides is 2. The zero-order chi connectivity index (χ0) is 23.2. The van der Waals surface area contributed by atoms with Crippen molar-refractivity contribution in [1.29, 1.82) is 0 Å². The van der Waals surface area contributed by atoms with Crippen molar-refractivity contribution >= 4 is 17.5 Å². The molecule has 2 amide bonds. The quantitative estimate of drug-likeness (QED) is 0.487. The number of aromatic nitrogens is 1. The number of hydrogen-bond acceptors (Lipinski definition) is 4. The fourth-order valence-corrected chi connectivity index (χ4v) is 4.42. The summed E-state index contributed by atoms with van der Waals surface area (Å²) in [4.78, 5) is 33.0. The molecule has 2 aromatic heterocycles. The Hall–Kier alpha value is -3.41. The predicted molar refractivity (Wildman–Crippen MR) is 128 cm³/mol. The number of nitrogens with one attached hydrogen (secondary N) is 1. The highest BCUT2D eigenvalue weighted by atomic mass is 16.3. The lowest BCUT2D eigenvalue weighted by Gasteiger charge is -2.32. The van der Waals surface area contributed by atoms with Gasteiger partial charge in [0.25, 0.3) is 5.91 Å². The second kappa shape index (κ2) is 10.5. The van der Waals surface area contributed by atoms with Crippen molar-refractivity contribution in [3.8, 4) is 0 Å². The third-order valence-electron chi connectivity index (χ3n) is 6.53. The van der Waals surface area contributed by atoms with Gasteiger partial charge in [0.15, 0.2) is 5.76 Å². The Morgan fingerprint density at radius 3 is 2.36 bits per heavy atom. The number of carbonyl (C=O) groups excluding carboxylic acids is 2. The minimum Gasteiger partial charge on any atom is -0.459 e. The van der Waals surface area contributed by atoms with E-state index in [1.807, 2.05) is 24.3 Å². The number of anilines is 1. The smallest absolute Gasteiger partial charge is 0.294 e. The molecule has 6 nitrogen and oxygen atoms in total. The van der Waals surface area contributed by atoms with Gasteiger partial charge in [-0.15, -0.1) is 0 Å². The highest BCUT2D eigenvalue weighted by molar-refractivity contribution is 6.08. The van der Waals surface area contributed by atoms with Crippen LogP contribution < -0.4 is 10.2 Å². The molecule has 1 fully saturated rings. The van der Waals surface area contributed by atoms with Crippen LogP contribution in [0.3, 0.4) is 0 Å². The summed E-state index contributed by atoms with van der Waals surface area (Å²) in [5.74, 6) is 0.0438. The van der Waals surface area contributed by atoms with Gasteiger partial charge in [-0.3, -0.25) is 19.5 Å². The van der Waals surface area contributed by atoms with Gasteiger partial charge < -0.3 is 9.73 Å². The maximum atomic E-state index is 13.7. The molecule has 0 saturated heterocycles. The fraction of sp³-hybridized carbons (Fsp3) is 0.370. The summed E-state index contributed by atoms with van der Waals surface area (Å²) in [5, 5.41) is 3.18. The Bertz CT molecular complexity index is 1040. The monoisotopic (exact) mass is 445 g/mol. The lowest BCUT2D eigenvalue weighted by molar-refractivity contribution is -0.123. The second-order valence-electron chi connectivity index (χ2n) is 8.73. The van der Waals surface area contributed by atoms with Gasteiger partial charge in [0.05, 0.1) is 6.26 Å². The second-order valence-corrected chi connectivity index (χ2v) is 8.73. The molecular formula is C27H31N3O3. The number of rotatable bonds is 8. The van der Waals surface area contributed by atoms with Crippen LogP contribution in [0.4, 0.5) is 5.69 Å². The first-order chi connectivity index (χ1) is 16.1. The van der Waals surface area contributed by atoms with Gasteiger partial charge in [0, 0.05) is 24.1 Å². The fourth-order valence-electron chi connectivity index (χ4n) is 4.42. The molecule has 172 valence electrons. The lowest BCUT2D eigenvalue weighted by Crippen LogP contribution is -2.46. The molecule has 2 unspecified atom stereocenters. The molecular weight excluding hydrogens is 414 g/mol. The summed E-state index contributed by atoms with van der Waals surface area (Å²) in [6.45, 7) is 4.33. The zero-order valence-electron chi connectivity index (χ0n) is 19.2. The molecule has 1 N–H and O–H groups in total. The minimum absolute atomic E-state index is 0.134. The van der Waals surface area contributed by atoms with E-state index in [0.29, 0.717) is 17.2 Å². The Balaban J connectivity index is 1.77. The normalized spacial score (nSPS) is 15.7. The Kier molecular flexibility index (Phi) is 7.23. The molecule has 3 aromatic rings. The van der Waals surface area contributed by atoms with Crippen molar-refractivity contribution in [2.75, 3.05) is 4.90 Å². The highest BCUT2D eigenvalue weighted by Gasteiger charge is 2.35. The molecule has 4 rings (SSSR count). The molecule has 6 heteroatoms. The average molecular weight is 446 g/mol. The van der Waals surface area contributed by atoms with Crippen molar-refractivity contribution in [2.45, 2.75) is 64.0 Å². The van der Waals surface area contributed by atoms with Gasteiger partial charge in [-0.1, -0.05) is 38.8 Å². The van der Waals surface area contributed by atoms with Gasteiger partial charge in [-0.2, -0.15) is 0 Å². The molecule has 1 aromatic carbocycles. The molecule has 0 spiro atoms. The van der Waals surface area contributed by atoms with Gasteiger partial charge >= 0.3 is 0 Å². The van der Waals surface area contributed by atoms with Crippen LogP contribution >= 0.6 is 0 Å². The third kappa shape index (κ3) is 5.16. The molecule has 33 heavy (non-hydrogen) atoms. The van der Waals surface area contributed by atoms with Crippen molar-refractivity contribution < 1.29 is 14.0 Å². The van der Waals surface area contributed by atoms with E-state index >= 15 is 0 Å². The van der Waals surface area contributed by atoms with Crippen LogP contribution in [0, 0.1) is 0 Å². The number of nitrogens with zero attached hydrogens (tertiary/aromatic N) is 2. The molecule has 1 aliphatic rings. The van der Waals surface area contributed by atoms with Crippen LogP contribution in [0.5, 0.6) is 0 Å². The van der Waals surface area contributed by atoms with E-state index in [9.17, 15) is 9.59 Å². The number of hydrogen-bond donors (Lipinski definition) is 1. The molecule has 0 radical (unpaired) electrons. The number of pyridine rings is 1. The zero-order valence-corrected chi connectivity index (χ0v) is 19.2. The van der Waals surface area contributed by atoms with E-state index in [2.05, 4.69) is 24.1 Å². The Labute approximate surface area is 195 Å². The highest BCUT2D eigenvalue weighted by Crippen LogP contribution is 2.32. The maximum absolute atomic E-state index is 13.7. The summed E-state index contributed by atoms with van der Waals surface area (Å²) < 4.78 is 5.44. The van der Waals surface area contributed by atoms with Gasteiger partial charge in [0.2, 0.25) is 5.91 Å². The molecule has 1 aliphatic carbocycles. The summed E-state index contributed by atoms with van der Waals surface area (Å²) in [6.07, 6.45) is 9.93. The van der Waals surface area contributed by atoms with E-state index < -0.39 is 6.04 Å². The van der Waals surface area contributed by atoms with Crippen LogP contribution in [0.25, 0.3) is 0 Å². The van der Waals surface area contributed by atoms with Crippen molar-refractivity contribution in [3.63, 3.8) is 0 Å². The SMILES string of the molecule is CCC(C)c1ccc(N(C(=O)c2ccco2)C(C(=O)NC2CCCC2)c2ccncc2)cc1. The van der Waals surface area contributed by atoms with E-state index in [1.54, 1.807) is 41.6 Å². The predicted octanol–water partition coefficient (Wildman–Crippen LogP) is 5.64. The van der Waals surface area contributed by atoms with E-state index in [1.165, 1.54) is 11.8 Å². The molecule has 2 heterocycles. The van der Waals surface area contributed by atoms with Gasteiger partial charge in [-0.05, 0) is 72.7 Å². The average Bonchev–Trinajstić information content (AvgIpc) is 3.57. The Morgan fingerprint density at radius 1 is 1.06 bits per heavy atom. The first kappa shape index (κ1) is 22.8. The molecule has 1 saturated carbocycles. The van der Waals surface area contributed by atoms with Crippen LogP contribution in [-0.4, -0.2) is 22.8 Å². The lowest BCUT2D eigenvalue weighted by atomic mass is 9.97. The Morgan fingerprint density at radius 2 is 1.76 bits per heavy atom. The first-order valence-corrected chi connectivity index (χ1v) is 11.8. The van der Waals surface area contributed by atoms with Crippen LogP contribution in [0.1, 0.15) is 79.6 Å². The summed E-state index contributed by atoms with van der Waals surface area (Å²) in [7, 11) is 0. The molecule has 0 bridgehead atoms. The molecule has 0 aliphatic heterocycles. The van der Waals surface area contributed by atoms with E-state index in [-0.39, 0.29) is 23.6 Å². The third-order valence-corrected chi connectivity index (χ3v) is 6.53. The summed E-state index contributed by atoms with van der Waals surface area (Å²) in [5.41, 5.74) is 2.54. The number of furan rings is 1. The maximum Gasteiger partial charge on any atom is 0.294 e. The number of carbonyl (C=O) groups is 2. The van der Waals surface area contributed by atoms with Crippen molar-refractivity contribution in [3.05, 3.63) is 84.1 Å².